The summed E-state index contributed by atoms with van der Waals surface area (Å²) in [5, 5.41) is 14.8. The van der Waals surface area contributed by atoms with Crippen molar-refractivity contribution in [2.24, 2.45) is 11.3 Å². The summed E-state index contributed by atoms with van der Waals surface area (Å²) in [4.78, 5) is 12.8. The molecule has 5 aliphatic rings. The standard InChI is InChI=1S/C35H38F2N6O5S/c1-4-25-27(36)8-5-21-11-24(44)12-26(28(21)25)31-29(37)30-32(49(45,46)43(31)13-20-16-47-17-20)33(42-14-22-6-7-23(15-42)38-22)40-34(39-30)48-19-35(9-10-35)18-41(2)3/h1,5,8,11-12,20,22-23,38,44H,6-7,9-10,13-19H2,2-3H3. The number of benzene rings is 2. The highest BCUT2D eigenvalue weighted by Gasteiger charge is 2.48. The first-order valence-corrected chi connectivity index (χ1v) is 18.0. The first kappa shape index (κ1) is 32.2. The highest BCUT2D eigenvalue weighted by Crippen LogP contribution is 2.49. The van der Waals surface area contributed by atoms with Crippen molar-refractivity contribution in [3.05, 3.63) is 46.9 Å². The maximum atomic E-state index is 17.6. The Balaban J connectivity index is 1.36. The highest BCUT2D eigenvalue weighted by atomic mass is 32.2. The fraction of sp³-hybridized carbons (Fsp3) is 0.486. The van der Waals surface area contributed by atoms with Crippen LogP contribution >= 0.6 is 0 Å². The van der Waals surface area contributed by atoms with Crippen molar-refractivity contribution in [1.29, 1.82) is 0 Å². The van der Waals surface area contributed by atoms with E-state index in [4.69, 9.17) is 20.9 Å². The minimum Gasteiger partial charge on any atom is -0.508 e. The molecule has 0 amide bonds. The number of aromatic nitrogens is 2. The van der Waals surface area contributed by atoms with Gasteiger partial charge in [0.05, 0.1) is 31.1 Å². The monoisotopic (exact) mass is 692 g/mol. The van der Waals surface area contributed by atoms with Crippen LogP contribution in [0.15, 0.2) is 29.2 Å². The molecule has 14 heteroatoms. The van der Waals surface area contributed by atoms with E-state index >= 15 is 8.78 Å². The number of anilines is 1. The van der Waals surface area contributed by atoms with Gasteiger partial charge < -0.3 is 29.7 Å². The Labute approximate surface area is 283 Å². The summed E-state index contributed by atoms with van der Waals surface area (Å²) in [6, 6.07) is 5.30. The number of piperazine rings is 1. The van der Waals surface area contributed by atoms with Gasteiger partial charge in [-0.05, 0) is 63.4 Å². The van der Waals surface area contributed by atoms with E-state index in [1.165, 1.54) is 18.2 Å². The molecule has 1 aromatic heterocycles. The van der Waals surface area contributed by atoms with Gasteiger partial charge in [0.25, 0.3) is 10.0 Å². The smallest absolute Gasteiger partial charge is 0.319 e. The molecule has 1 saturated carbocycles. The van der Waals surface area contributed by atoms with Crippen molar-refractivity contribution in [3.8, 4) is 24.1 Å². The second-order valence-electron chi connectivity index (χ2n) is 14.3. The molecule has 3 saturated heterocycles. The van der Waals surface area contributed by atoms with Crippen LogP contribution in [0.25, 0.3) is 22.3 Å². The number of fused-ring (bicyclic) bond motifs is 4. The number of phenols is 1. The molecule has 3 aromatic rings. The quantitative estimate of drug-likeness (QED) is 0.322. The van der Waals surface area contributed by atoms with Gasteiger partial charge in [0.2, 0.25) is 0 Å². The summed E-state index contributed by atoms with van der Waals surface area (Å²) < 4.78 is 75.3. The number of ether oxygens (including phenoxy) is 2. The molecule has 2 atom stereocenters. The number of phenolic OH excluding ortho intramolecular Hbond substituents is 1. The van der Waals surface area contributed by atoms with E-state index in [-0.39, 0.29) is 94.5 Å². The molecule has 0 radical (unpaired) electrons. The van der Waals surface area contributed by atoms with Crippen molar-refractivity contribution >= 4 is 38.1 Å². The zero-order valence-electron chi connectivity index (χ0n) is 27.4. The summed E-state index contributed by atoms with van der Waals surface area (Å²) in [5.41, 5.74) is -1.16. The third-order valence-corrected chi connectivity index (χ3v) is 12.1. The molecule has 49 heavy (non-hydrogen) atoms. The number of rotatable bonds is 9. The molecular formula is C35H38F2N6O5S. The SMILES string of the molecule is C#Cc1c(F)ccc2cc(O)cc(C3=C(F)c4nc(OCC5(CN(C)C)CC5)nc(N5CC6CCC(C5)N6)c4S(=O)(=O)N3CC3COC3)c12. The van der Waals surface area contributed by atoms with Crippen LogP contribution in [-0.4, -0.2) is 105 Å². The van der Waals surface area contributed by atoms with E-state index in [0.29, 0.717) is 18.5 Å². The zero-order valence-corrected chi connectivity index (χ0v) is 28.2. The molecule has 8 rings (SSSR count). The predicted octanol–water partition coefficient (Wildman–Crippen LogP) is 3.56. The maximum Gasteiger partial charge on any atom is 0.319 e. The van der Waals surface area contributed by atoms with Crippen molar-refractivity contribution in [1.82, 2.24) is 24.5 Å². The molecule has 0 spiro atoms. The summed E-state index contributed by atoms with van der Waals surface area (Å²) >= 11 is 0. The van der Waals surface area contributed by atoms with E-state index < -0.39 is 27.4 Å². The third-order valence-electron chi connectivity index (χ3n) is 10.3. The minimum atomic E-state index is -4.55. The Morgan fingerprint density at radius 2 is 1.90 bits per heavy atom. The zero-order chi connectivity index (χ0) is 34.2. The van der Waals surface area contributed by atoms with Crippen LogP contribution in [0.1, 0.15) is 42.5 Å². The molecule has 11 nitrogen and oxygen atoms in total. The van der Waals surface area contributed by atoms with Gasteiger partial charge in [-0.3, -0.25) is 4.31 Å². The average molecular weight is 693 g/mol. The minimum absolute atomic E-state index is 0.0693. The van der Waals surface area contributed by atoms with Crippen LogP contribution in [-0.2, 0) is 14.8 Å². The molecule has 1 aliphatic carbocycles. The molecule has 5 heterocycles. The van der Waals surface area contributed by atoms with Gasteiger partial charge in [-0.15, -0.1) is 6.42 Å². The topological polar surface area (TPSA) is 120 Å². The van der Waals surface area contributed by atoms with Gasteiger partial charge in [0, 0.05) is 60.5 Å². The van der Waals surface area contributed by atoms with E-state index in [1.807, 2.05) is 19.0 Å². The van der Waals surface area contributed by atoms with Crippen LogP contribution in [0.2, 0.25) is 0 Å². The number of nitrogens with zero attached hydrogens (tertiary/aromatic N) is 5. The Hall–Kier alpha value is -4.03. The van der Waals surface area contributed by atoms with Crippen molar-refractivity contribution in [2.75, 3.05) is 65.0 Å². The Morgan fingerprint density at radius 1 is 1.16 bits per heavy atom. The van der Waals surface area contributed by atoms with E-state index in [0.717, 1.165) is 42.6 Å². The lowest BCUT2D eigenvalue weighted by Crippen LogP contribution is -2.52. The third kappa shape index (κ3) is 5.57. The van der Waals surface area contributed by atoms with Gasteiger partial charge >= 0.3 is 6.01 Å². The number of halogens is 2. The molecule has 4 aliphatic heterocycles. The second kappa shape index (κ2) is 11.8. The van der Waals surface area contributed by atoms with Crippen molar-refractivity contribution in [2.45, 2.75) is 42.7 Å². The molecule has 258 valence electrons. The average Bonchev–Trinajstić information content (AvgIpc) is 3.72. The lowest BCUT2D eigenvalue weighted by Gasteiger charge is -2.39. The van der Waals surface area contributed by atoms with Gasteiger partial charge in [0.15, 0.2) is 16.5 Å². The summed E-state index contributed by atoms with van der Waals surface area (Å²) in [7, 11) is -0.572. The largest absolute Gasteiger partial charge is 0.508 e. The summed E-state index contributed by atoms with van der Waals surface area (Å²) in [6.07, 6.45) is 9.53. The van der Waals surface area contributed by atoms with Crippen LogP contribution in [0, 0.1) is 29.5 Å². The maximum absolute atomic E-state index is 17.6. The van der Waals surface area contributed by atoms with Crippen molar-refractivity contribution in [3.63, 3.8) is 0 Å². The molecule has 2 N–H and O–H groups in total. The number of hydrogen-bond donors (Lipinski definition) is 2. The van der Waals surface area contributed by atoms with Crippen LogP contribution < -0.4 is 15.0 Å². The van der Waals surface area contributed by atoms with E-state index in [1.54, 1.807) is 0 Å². The van der Waals surface area contributed by atoms with Gasteiger partial charge in [0.1, 0.15) is 17.3 Å². The summed E-state index contributed by atoms with van der Waals surface area (Å²) in [6.45, 7) is 2.48. The van der Waals surface area contributed by atoms with Crippen LogP contribution in [0.4, 0.5) is 14.6 Å². The van der Waals surface area contributed by atoms with Gasteiger partial charge in [-0.25, -0.2) is 17.2 Å². The lowest BCUT2D eigenvalue weighted by atomic mass is 9.95. The second-order valence-corrected chi connectivity index (χ2v) is 16.1. The number of aromatic hydroxyl groups is 1. The summed E-state index contributed by atoms with van der Waals surface area (Å²) in [5.74, 6) is 0.228. The molecule has 2 bridgehead atoms. The predicted molar refractivity (Wildman–Crippen MR) is 180 cm³/mol. The van der Waals surface area contributed by atoms with Crippen LogP contribution in [0.5, 0.6) is 11.8 Å². The van der Waals surface area contributed by atoms with E-state index in [2.05, 4.69) is 21.1 Å². The fourth-order valence-electron chi connectivity index (χ4n) is 7.74. The lowest BCUT2D eigenvalue weighted by molar-refractivity contribution is -0.0348. The molecule has 2 unspecified atom stereocenters. The number of sulfonamides is 1. The number of nitrogens with one attached hydrogen (secondary N) is 1. The molecular weight excluding hydrogens is 654 g/mol. The first-order valence-electron chi connectivity index (χ1n) is 16.6. The first-order chi connectivity index (χ1) is 23.5. The molecule has 2 aromatic carbocycles. The molecule has 4 fully saturated rings. The number of hydrogen-bond acceptors (Lipinski definition) is 10. The van der Waals surface area contributed by atoms with Crippen LogP contribution in [0.3, 0.4) is 0 Å². The highest BCUT2D eigenvalue weighted by molar-refractivity contribution is 7.89. The Morgan fingerprint density at radius 3 is 2.53 bits per heavy atom. The Bertz CT molecular complexity index is 2030. The van der Waals surface area contributed by atoms with E-state index in [9.17, 15) is 13.5 Å². The normalized spacial score (nSPS) is 23.8. The fourth-order valence-corrected chi connectivity index (χ4v) is 9.57. The van der Waals surface area contributed by atoms with Gasteiger partial charge in [-0.1, -0.05) is 12.0 Å². The van der Waals surface area contributed by atoms with Gasteiger partial charge in [-0.2, -0.15) is 9.97 Å². The Kier molecular flexibility index (Phi) is 7.75. The van der Waals surface area contributed by atoms with Crippen molar-refractivity contribution < 1.29 is 31.8 Å². The number of terminal acetylenes is 1.